The van der Waals surface area contributed by atoms with Crippen molar-refractivity contribution in [3.63, 3.8) is 0 Å². The lowest BCUT2D eigenvalue weighted by Crippen LogP contribution is -2.53. The molecule has 3 aliphatic rings. The van der Waals surface area contributed by atoms with Gasteiger partial charge in [-0.25, -0.2) is 4.98 Å². The Morgan fingerprint density at radius 1 is 1.28 bits per heavy atom. The van der Waals surface area contributed by atoms with E-state index in [0.29, 0.717) is 17.6 Å². The third-order valence-corrected chi connectivity index (χ3v) is 8.83. The first-order valence-electron chi connectivity index (χ1n) is 12.2. The van der Waals surface area contributed by atoms with E-state index in [1.54, 1.807) is 11.3 Å². The van der Waals surface area contributed by atoms with Gasteiger partial charge in [-0.05, 0) is 54.8 Å². The number of thiazole rings is 1. The maximum atomic E-state index is 12.7. The van der Waals surface area contributed by atoms with E-state index in [-0.39, 0.29) is 46.3 Å². The number of aliphatic hydroxyl groups is 1. The smallest absolute Gasteiger partial charge is 0.226 e. The zero-order valence-corrected chi connectivity index (χ0v) is 21.1. The quantitative estimate of drug-likeness (QED) is 0.603. The third kappa shape index (κ3) is 4.74. The van der Waals surface area contributed by atoms with Gasteiger partial charge in [-0.1, -0.05) is 41.5 Å². The second-order valence-electron chi connectivity index (χ2n) is 12.0. The molecule has 0 unspecified atom stereocenters. The van der Waals surface area contributed by atoms with Crippen LogP contribution in [0.4, 0.5) is 5.13 Å². The summed E-state index contributed by atoms with van der Waals surface area (Å²) in [6.07, 6.45) is 4.80. The summed E-state index contributed by atoms with van der Waals surface area (Å²) in [6, 6.07) is 0.342. The maximum absolute atomic E-state index is 12.7. The Hall–Kier alpha value is -1.47. The van der Waals surface area contributed by atoms with Gasteiger partial charge in [0.1, 0.15) is 0 Å². The molecule has 7 heteroatoms. The Bertz CT molecular complexity index is 887. The standard InChI is InChI=1S/C25H39N3O3S/c1-13(22(31)26-15-7-8-15)16-9-10-25(6)11-17-20(14(2)19(25)21(16)30)28-23(32-17)27-18(29)12-24(3,4)5/h13-16,19,21,30H,7-12H2,1-6H3,(H,26,31)(H,27,28,29)/t13-,14-,16-,19+,21-,25+/m0/s1. The fourth-order valence-corrected chi connectivity index (χ4v) is 7.28. The minimum absolute atomic E-state index is 0.00419. The molecule has 4 rings (SSSR count). The molecule has 0 saturated heterocycles. The molecule has 1 heterocycles. The van der Waals surface area contributed by atoms with Gasteiger partial charge in [0.15, 0.2) is 5.13 Å². The fraction of sp³-hybridized carbons (Fsp3) is 0.800. The van der Waals surface area contributed by atoms with Crippen molar-refractivity contribution in [2.45, 2.75) is 98.1 Å². The van der Waals surface area contributed by atoms with Gasteiger partial charge in [-0.15, -0.1) is 11.3 Å². The van der Waals surface area contributed by atoms with Crippen molar-refractivity contribution < 1.29 is 14.7 Å². The van der Waals surface area contributed by atoms with Crippen molar-refractivity contribution in [3.8, 4) is 0 Å². The molecule has 32 heavy (non-hydrogen) atoms. The highest BCUT2D eigenvalue weighted by Gasteiger charge is 2.54. The van der Waals surface area contributed by atoms with E-state index >= 15 is 0 Å². The van der Waals surface area contributed by atoms with Gasteiger partial charge in [0.2, 0.25) is 11.8 Å². The molecule has 0 spiro atoms. The summed E-state index contributed by atoms with van der Waals surface area (Å²) in [4.78, 5) is 31.2. The first-order valence-corrected chi connectivity index (χ1v) is 13.0. The van der Waals surface area contributed by atoms with Crippen LogP contribution in [0.25, 0.3) is 0 Å². The van der Waals surface area contributed by atoms with Crippen LogP contribution < -0.4 is 10.6 Å². The summed E-state index contributed by atoms with van der Waals surface area (Å²) in [5.74, 6) is 0.0130. The molecule has 178 valence electrons. The number of amides is 2. The monoisotopic (exact) mass is 461 g/mol. The van der Waals surface area contributed by atoms with Gasteiger partial charge in [0.05, 0.1) is 11.8 Å². The molecule has 0 radical (unpaired) electrons. The molecule has 2 saturated carbocycles. The van der Waals surface area contributed by atoms with Gasteiger partial charge in [-0.3, -0.25) is 9.59 Å². The number of anilines is 1. The van der Waals surface area contributed by atoms with Crippen molar-refractivity contribution in [2.75, 3.05) is 5.32 Å². The minimum Gasteiger partial charge on any atom is -0.392 e. The molecule has 3 N–H and O–H groups in total. The number of carbonyl (C=O) groups excluding carboxylic acids is 2. The molecule has 1 aromatic heterocycles. The molecule has 3 aliphatic carbocycles. The van der Waals surface area contributed by atoms with E-state index in [9.17, 15) is 14.7 Å². The zero-order valence-electron chi connectivity index (χ0n) is 20.3. The summed E-state index contributed by atoms with van der Waals surface area (Å²) in [5.41, 5.74) is 0.922. The number of nitrogens with zero attached hydrogens (tertiary/aromatic N) is 1. The second-order valence-corrected chi connectivity index (χ2v) is 13.1. The lowest BCUT2D eigenvalue weighted by molar-refractivity contribution is -0.134. The van der Waals surface area contributed by atoms with E-state index in [4.69, 9.17) is 4.98 Å². The summed E-state index contributed by atoms with van der Waals surface area (Å²) >= 11 is 1.59. The van der Waals surface area contributed by atoms with Crippen LogP contribution in [0, 0.1) is 28.6 Å². The zero-order chi connectivity index (χ0) is 23.4. The average molecular weight is 462 g/mol. The van der Waals surface area contributed by atoms with Gasteiger partial charge < -0.3 is 15.7 Å². The van der Waals surface area contributed by atoms with Crippen LogP contribution in [0.5, 0.6) is 0 Å². The van der Waals surface area contributed by atoms with E-state index in [0.717, 1.165) is 37.8 Å². The molecule has 6 nitrogen and oxygen atoms in total. The van der Waals surface area contributed by atoms with Gasteiger partial charge in [0, 0.05) is 29.2 Å². The SMILES string of the molecule is C[C@H](C(=O)NC1CC1)[C@@H]1CC[C@]2(C)Cc3sc(NC(=O)CC(C)(C)C)nc3[C@@H](C)[C@@H]2[C@H]1O. The highest BCUT2D eigenvalue weighted by Crippen LogP contribution is 2.57. The molecule has 0 aliphatic heterocycles. The topological polar surface area (TPSA) is 91.3 Å². The van der Waals surface area contributed by atoms with Crippen LogP contribution in [0.15, 0.2) is 0 Å². The summed E-state index contributed by atoms with van der Waals surface area (Å²) < 4.78 is 0. The molecule has 1 aromatic rings. The predicted molar refractivity (Wildman–Crippen MR) is 128 cm³/mol. The van der Waals surface area contributed by atoms with Crippen molar-refractivity contribution >= 4 is 28.3 Å². The van der Waals surface area contributed by atoms with Gasteiger partial charge in [0.25, 0.3) is 0 Å². The number of hydrogen-bond acceptors (Lipinski definition) is 5. The number of nitrogens with one attached hydrogen (secondary N) is 2. The number of carbonyl (C=O) groups is 2. The molecule has 2 amide bonds. The van der Waals surface area contributed by atoms with Crippen molar-refractivity contribution in [1.82, 2.24) is 10.3 Å². The molecule has 0 aromatic carbocycles. The largest absolute Gasteiger partial charge is 0.392 e. The van der Waals surface area contributed by atoms with Crippen molar-refractivity contribution in [2.24, 2.45) is 28.6 Å². The van der Waals surface area contributed by atoms with E-state index in [1.807, 2.05) is 6.92 Å². The maximum Gasteiger partial charge on any atom is 0.226 e. The summed E-state index contributed by atoms with van der Waals surface area (Å²) in [6.45, 7) is 12.6. The summed E-state index contributed by atoms with van der Waals surface area (Å²) in [7, 11) is 0. The lowest BCUT2D eigenvalue weighted by Gasteiger charge is -2.53. The van der Waals surface area contributed by atoms with E-state index < -0.39 is 6.10 Å². The Kier molecular flexibility index (Phi) is 6.21. The van der Waals surface area contributed by atoms with Crippen LogP contribution in [-0.2, 0) is 16.0 Å². The van der Waals surface area contributed by atoms with Gasteiger partial charge in [-0.2, -0.15) is 0 Å². The predicted octanol–water partition coefficient (Wildman–Crippen LogP) is 4.49. The normalized spacial score (nSPS) is 33.1. The highest BCUT2D eigenvalue weighted by molar-refractivity contribution is 7.15. The van der Waals surface area contributed by atoms with E-state index in [1.165, 1.54) is 4.88 Å². The lowest BCUT2D eigenvalue weighted by atomic mass is 9.53. The molecule has 6 atom stereocenters. The summed E-state index contributed by atoms with van der Waals surface area (Å²) in [5, 5.41) is 18.3. The molecule has 0 bridgehead atoms. The van der Waals surface area contributed by atoms with Crippen LogP contribution in [-0.4, -0.2) is 34.1 Å². The third-order valence-electron chi connectivity index (χ3n) is 7.84. The minimum atomic E-state index is -0.530. The van der Waals surface area contributed by atoms with Crippen LogP contribution in [0.3, 0.4) is 0 Å². The fourth-order valence-electron chi connectivity index (χ4n) is 6.00. The number of aliphatic hydroxyl groups excluding tert-OH is 1. The van der Waals surface area contributed by atoms with Crippen molar-refractivity contribution in [3.05, 3.63) is 10.6 Å². The number of fused-ring (bicyclic) bond motifs is 2. The first kappa shape index (κ1) is 23.7. The number of aromatic nitrogens is 1. The van der Waals surface area contributed by atoms with Crippen LogP contribution >= 0.6 is 11.3 Å². The highest BCUT2D eigenvalue weighted by atomic mass is 32.1. The molecular weight excluding hydrogens is 422 g/mol. The molecular formula is C25H39N3O3S. The Balaban J connectivity index is 1.51. The van der Waals surface area contributed by atoms with Crippen molar-refractivity contribution in [1.29, 1.82) is 0 Å². The number of rotatable bonds is 5. The second kappa shape index (κ2) is 8.39. The Morgan fingerprint density at radius 2 is 1.97 bits per heavy atom. The average Bonchev–Trinajstić information content (AvgIpc) is 3.38. The first-order chi connectivity index (χ1) is 14.9. The molecule has 2 fully saturated rings. The van der Waals surface area contributed by atoms with Crippen LogP contribution in [0.1, 0.15) is 90.1 Å². The van der Waals surface area contributed by atoms with Crippen LogP contribution in [0.2, 0.25) is 0 Å². The van der Waals surface area contributed by atoms with Gasteiger partial charge >= 0.3 is 0 Å². The van der Waals surface area contributed by atoms with E-state index in [2.05, 4.69) is 45.3 Å². The Morgan fingerprint density at radius 3 is 2.59 bits per heavy atom. The Labute approximate surface area is 196 Å². The number of hydrogen-bond donors (Lipinski definition) is 3.